The first kappa shape index (κ1) is 19.9. The van der Waals surface area contributed by atoms with Gasteiger partial charge in [0.15, 0.2) is 5.82 Å². The molecular formula is C19H22F3N5O. The predicted octanol–water partition coefficient (Wildman–Crippen LogP) is 3.80. The van der Waals surface area contributed by atoms with Crippen molar-refractivity contribution in [2.24, 2.45) is 0 Å². The Bertz CT molecular complexity index is 830. The highest BCUT2D eigenvalue weighted by molar-refractivity contribution is 6.05. The number of hydrogen-bond acceptors (Lipinski definition) is 5. The number of benzene rings is 1. The van der Waals surface area contributed by atoms with Crippen molar-refractivity contribution >= 4 is 23.4 Å². The highest BCUT2D eigenvalue weighted by Crippen LogP contribution is 2.30. The molecule has 1 N–H and O–H groups in total. The molecule has 1 aliphatic heterocycles. The smallest absolute Gasteiger partial charge is 0.361 e. The average molecular weight is 393 g/mol. The molecule has 0 aliphatic carbocycles. The Morgan fingerprint density at radius 1 is 1.11 bits per heavy atom. The third-order valence-electron chi connectivity index (χ3n) is 4.54. The summed E-state index contributed by atoms with van der Waals surface area (Å²) in [7, 11) is 3.60. The lowest BCUT2D eigenvalue weighted by molar-refractivity contribution is -0.137. The van der Waals surface area contributed by atoms with E-state index < -0.39 is 17.6 Å². The van der Waals surface area contributed by atoms with Gasteiger partial charge in [0.25, 0.3) is 5.91 Å². The second-order valence-corrected chi connectivity index (χ2v) is 6.88. The molecule has 0 atom stereocenters. The molecule has 1 saturated heterocycles. The fourth-order valence-corrected chi connectivity index (χ4v) is 3.04. The Kier molecular flexibility index (Phi) is 5.71. The number of anilines is 3. The SMILES string of the molecule is CN(C)c1nc(N2CCCCC2)ncc1NC(=O)c1ccc(C(F)(F)F)cc1. The van der Waals surface area contributed by atoms with Crippen LogP contribution in [0, 0.1) is 0 Å². The Labute approximate surface area is 161 Å². The van der Waals surface area contributed by atoms with Crippen molar-refractivity contribution in [1.82, 2.24) is 9.97 Å². The minimum atomic E-state index is -4.44. The van der Waals surface area contributed by atoms with Crippen LogP contribution >= 0.6 is 0 Å². The lowest BCUT2D eigenvalue weighted by Gasteiger charge is -2.28. The van der Waals surface area contributed by atoms with Gasteiger partial charge in [-0.3, -0.25) is 4.79 Å². The van der Waals surface area contributed by atoms with Crippen LogP contribution in [0.2, 0.25) is 0 Å². The molecule has 0 radical (unpaired) electrons. The van der Waals surface area contributed by atoms with Gasteiger partial charge in [0.1, 0.15) is 5.69 Å². The number of amides is 1. The van der Waals surface area contributed by atoms with Gasteiger partial charge < -0.3 is 15.1 Å². The highest BCUT2D eigenvalue weighted by Gasteiger charge is 2.30. The normalized spacial score (nSPS) is 14.7. The van der Waals surface area contributed by atoms with E-state index in [9.17, 15) is 18.0 Å². The number of carbonyl (C=O) groups is 1. The molecule has 1 aromatic carbocycles. The zero-order valence-electron chi connectivity index (χ0n) is 15.8. The number of hydrogen-bond donors (Lipinski definition) is 1. The summed E-state index contributed by atoms with van der Waals surface area (Å²) in [4.78, 5) is 25.3. The van der Waals surface area contributed by atoms with E-state index in [2.05, 4.69) is 20.2 Å². The van der Waals surface area contributed by atoms with Crippen molar-refractivity contribution in [3.63, 3.8) is 0 Å². The van der Waals surface area contributed by atoms with E-state index in [0.717, 1.165) is 50.2 Å². The van der Waals surface area contributed by atoms with Crippen molar-refractivity contribution in [1.29, 1.82) is 0 Å². The number of nitrogens with zero attached hydrogens (tertiary/aromatic N) is 4. The Balaban J connectivity index is 1.79. The summed E-state index contributed by atoms with van der Waals surface area (Å²) in [6.45, 7) is 1.79. The number of piperidine rings is 1. The molecule has 1 amide bonds. The fourth-order valence-electron chi connectivity index (χ4n) is 3.04. The first-order valence-electron chi connectivity index (χ1n) is 9.03. The molecule has 0 bridgehead atoms. The maximum absolute atomic E-state index is 12.7. The fraction of sp³-hybridized carbons (Fsp3) is 0.421. The van der Waals surface area contributed by atoms with E-state index >= 15 is 0 Å². The molecule has 0 spiro atoms. The van der Waals surface area contributed by atoms with E-state index in [1.54, 1.807) is 19.0 Å². The second kappa shape index (κ2) is 8.04. The first-order chi connectivity index (χ1) is 13.3. The van der Waals surface area contributed by atoms with Crippen LogP contribution < -0.4 is 15.1 Å². The lowest BCUT2D eigenvalue weighted by Crippen LogP contribution is -2.31. The van der Waals surface area contributed by atoms with Crippen LogP contribution in [-0.4, -0.2) is 43.1 Å². The van der Waals surface area contributed by atoms with Gasteiger partial charge in [-0.05, 0) is 43.5 Å². The number of carbonyl (C=O) groups excluding carboxylic acids is 1. The van der Waals surface area contributed by atoms with Crippen molar-refractivity contribution in [2.75, 3.05) is 42.3 Å². The van der Waals surface area contributed by atoms with Crippen LogP contribution in [0.3, 0.4) is 0 Å². The summed E-state index contributed by atoms with van der Waals surface area (Å²) < 4.78 is 38.0. The van der Waals surface area contributed by atoms with Crippen LogP contribution in [0.25, 0.3) is 0 Å². The highest BCUT2D eigenvalue weighted by atomic mass is 19.4. The number of aromatic nitrogens is 2. The van der Waals surface area contributed by atoms with Crippen LogP contribution in [0.4, 0.5) is 30.6 Å². The Morgan fingerprint density at radius 2 is 1.75 bits per heavy atom. The van der Waals surface area contributed by atoms with E-state index in [1.165, 1.54) is 12.6 Å². The molecule has 1 fully saturated rings. The van der Waals surface area contributed by atoms with Crippen LogP contribution in [-0.2, 0) is 6.18 Å². The summed E-state index contributed by atoms with van der Waals surface area (Å²) in [5, 5.41) is 2.69. The van der Waals surface area contributed by atoms with Gasteiger partial charge in [-0.2, -0.15) is 18.2 Å². The standard InChI is InChI=1S/C19H22F3N5O/c1-26(2)16-15(12-23-18(25-16)27-10-4-3-5-11-27)24-17(28)13-6-8-14(9-7-13)19(20,21)22/h6-9,12H,3-5,10-11H2,1-2H3,(H,24,28). The molecule has 150 valence electrons. The van der Waals surface area contributed by atoms with Crippen LogP contribution in [0.1, 0.15) is 35.2 Å². The quantitative estimate of drug-likeness (QED) is 0.856. The summed E-state index contributed by atoms with van der Waals surface area (Å²) in [6, 6.07) is 4.07. The predicted molar refractivity (Wildman–Crippen MR) is 102 cm³/mol. The largest absolute Gasteiger partial charge is 0.416 e. The van der Waals surface area contributed by atoms with Gasteiger partial charge in [0.2, 0.25) is 5.95 Å². The number of alkyl halides is 3. The molecule has 1 aromatic heterocycles. The van der Waals surface area contributed by atoms with Crippen LogP contribution in [0.5, 0.6) is 0 Å². The zero-order chi connectivity index (χ0) is 20.3. The number of rotatable bonds is 4. The molecule has 1 aliphatic rings. The molecule has 28 heavy (non-hydrogen) atoms. The van der Waals surface area contributed by atoms with E-state index in [0.29, 0.717) is 17.5 Å². The molecule has 9 heteroatoms. The summed E-state index contributed by atoms with van der Waals surface area (Å²) in [6.07, 6.45) is 0.470. The third kappa shape index (κ3) is 4.52. The summed E-state index contributed by atoms with van der Waals surface area (Å²) >= 11 is 0. The van der Waals surface area contributed by atoms with Crippen molar-refractivity contribution in [3.8, 4) is 0 Å². The average Bonchev–Trinajstić information content (AvgIpc) is 2.68. The number of nitrogens with one attached hydrogen (secondary N) is 1. The van der Waals surface area contributed by atoms with Crippen molar-refractivity contribution in [2.45, 2.75) is 25.4 Å². The van der Waals surface area contributed by atoms with Crippen molar-refractivity contribution in [3.05, 3.63) is 41.6 Å². The topological polar surface area (TPSA) is 61.4 Å². The zero-order valence-corrected chi connectivity index (χ0v) is 15.8. The Hall–Kier alpha value is -2.84. The molecule has 6 nitrogen and oxygen atoms in total. The van der Waals surface area contributed by atoms with Gasteiger partial charge in [-0.15, -0.1) is 0 Å². The van der Waals surface area contributed by atoms with Gasteiger partial charge in [-0.25, -0.2) is 4.98 Å². The molecule has 0 saturated carbocycles. The molecular weight excluding hydrogens is 371 g/mol. The van der Waals surface area contributed by atoms with E-state index in [4.69, 9.17) is 0 Å². The lowest BCUT2D eigenvalue weighted by atomic mass is 10.1. The minimum Gasteiger partial charge on any atom is -0.361 e. The second-order valence-electron chi connectivity index (χ2n) is 6.88. The minimum absolute atomic E-state index is 0.123. The maximum atomic E-state index is 12.7. The summed E-state index contributed by atoms with van der Waals surface area (Å²) in [5.74, 6) is 0.623. The van der Waals surface area contributed by atoms with Crippen molar-refractivity contribution < 1.29 is 18.0 Å². The maximum Gasteiger partial charge on any atom is 0.416 e. The van der Waals surface area contributed by atoms with Gasteiger partial charge in [0, 0.05) is 32.7 Å². The van der Waals surface area contributed by atoms with E-state index in [1.807, 2.05) is 0 Å². The van der Waals surface area contributed by atoms with Gasteiger partial charge >= 0.3 is 6.18 Å². The summed E-state index contributed by atoms with van der Waals surface area (Å²) in [5.41, 5.74) is -0.277. The first-order valence-corrected chi connectivity index (χ1v) is 9.03. The Morgan fingerprint density at radius 3 is 2.32 bits per heavy atom. The number of halogens is 3. The molecule has 2 heterocycles. The van der Waals surface area contributed by atoms with E-state index in [-0.39, 0.29) is 5.56 Å². The molecule has 2 aromatic rings. The van der Waals surface area contributed by atoms with Gasteiger partial charge in [0.05, 0.1) is 11.8 Å². The van der Waals surface area contributed by atoms with Crippen LogP contribution in [0.15, 0.2) is 30.5 Å². The monoisotopic (exact) mass is 393 g/mol. The molecule has 0 unspecified atom stereocenters. The third-order valence-corrected chi connectivity index (χ3v) is 4.54. The molecule has 3 rings (SSSR count). The van der Waals surface area contributed by atoms with Gasteiger partial charge in [-0.1, -0.05) is 0 Å².